The Hall–Kier alpha value is -1.97. The number of carbonyl (C=O) groups is 1. The zero-order valence-electron chi connectivity index (χ0n) is 9.29. The van der Waals surface area contributed by atoms with Gasteiger partial charge in [0.15, 0.2) is 6.29 Å². The highest BCUT2D eigenvalue weighted by molar-refractivity contribution is 5.72. The quantitative estimate of drug-likeness (QED) is 0.737. The first-order chi connectivity index (χ1) is 7.72. The zero-order chi connectivity index (χ0) is 11.5. The van der Waals surface area contributed by atoms with Gasteiger partial charge >= 0.3 is 0 Å². The van der Waals surface area contributed by atoms with E-state index in [1.54, 1.807) is 0 Å². The lowest BCUT2D eigenvalue weighted by molar-refractivity contribution is 0.111. The van der Waals surface area contributed by atoms with Crippen molar-refractivity contribution in [1.29, 1.82) is 0 Å². The van der Waals surface area contributed by atoms with Crippen LogP contribution in [0.3, 0.4) is 0 Å². The smallest absolute Gasteiger partial charge is 0.170 e. The van der Waals surface area contributed by atoms with Crippen molar-refractivity contribution >= 4 is 6.29 Å². The van der Waals surface area contributed by atoms with Gasteiger partial charge in [-0.1, -0.05) is 31.2 Å². The fourth-order valence-corrected chi connectivity index (χ4v) is 1.52. The molecule has 0 fully saturated rings. The maximum atomic E-state index is 10.7. The Morgan fingerprint density at radius 3 is 2.50 bits per heavy atom. The number of hydrogen-bond acceptors (Lipinski definition) is 3. The Morgan fingerprint density at radius 1 is 1.25 bits per heavy atom. The minimum Gasteiger partial charge on any atom is -0.296 e. The van der Waals surface area contributed by atoms with Crippen molar-refractivity contribution in [2.75, 3.05) is 0 Å². The molecule has 0 saturated carbocycles. The largest absolute Gasteiger partial charge is 0.296 e. The summed E-state index contributed by atoms with van der Waals surface area (Å²) in [7, 11) is 0. The predicted molar refractivity (Wildman–Crippen MR) is 60.8 cm³/mol. The van der Waals surface area contributed by atoms with Crippen LogP contribution in [-0.2, 0) is 0 Å². The lowest BCUT2D eigenvalue weighted by Crippen LogP contribution is -2.01. The summed E-state index contributed by atoms with van der Waals surface area (Å²) in [6, 6.07) is 7.96. The fourth-order valence-electron chi connectivity index (χ4n) is 1.52. The van der Waals surface area contributed by atoms with Crippen molar-refractivity contribution in [3.8, 4) is 5.69 Å². The average molecular weight is 215 g/mol. The second-order valence-corrected chi connectivity index (χ2v) is 3.93. The van der Waals surface area contributed by atoms with Crippen molar-refractivity contribution in [3.63, 3.8) is 0 Å². The maximum absolute atomic E-state index is 10.7. The molecule has 0 saturated heterocycles. The molecular weight excluding hydrogens is 202 g/mol. The molecule has 0 bridgehead atoms. The predicted octanol–water partition coefficient (Wildman–Crippen LogP) is 2.20. The van der Waals surface area contributed by atoms with E-state index in [1.807, 2.05) is 24.3 Å². The topological polar surface area (TPSA) is 47.8 Å². The summed E-state index contributed by atoms with van der Waals surface area (Å²) >= 11 is 0. The van der Waals surface area contributed by atoms with Crippen LogP contribution in [0.5, 0.6) is 0 Å². The van der Waals surface area contributed by atoms with E-state index in [2.05, 4.69) is 24.2 Å². The van der Waals surface area contributed by atoms with E-state index in [9.17, 15) is 4.79 Å². The Morgan fingerprint density at radius 2 is 1.94 bits per heavy atom. The van der Waals surface area contributed by atoms with Gasteiger partial charge in [-0.05, 0) is 23.6 Å². The van der Waals surface area contributed by atoms with E-state index in [0.717, 1.165) is 12.0 Å². The van der Waals surface area contributed by atoms with Crippen LogP contribution in [0.2, 0.25) is 0 Å². The Kier molecular flexibility index (Phi) is 2.81. The number of benzene rings is 1. The molecule has 0 aliphatic heterocycles. The summed E-state index contributed by atoms with van der Waals surface area (Å²) in [4.78, 5) is 10.7. The summed E-state index contributed by atoms with van der Waals surface area (Å²) in [5.41, 5.74) is 2.57. The molecule has 0 amide bonds. The molecule has 0 aliphatic carbocycles. The van der Waals surface area contributed by atoms with E-state index < -0.39 is 0 Å². The Labute approximate surface area is 93.9 Å². The van der Waals surface area contributed by atoms with Crippen LogP contribution in [-0.4, -0.2) is 21.3 Å². The molecule has 0 atom stereocenters. The first-order valence-corrected chi connectivity index (χ1v) is 5.18. The lowest BCUT2D eigenvalue weighted by atomic mass is 10.0. The van der Waals surface area contributed by atoms with Crippen LogP contribution in [0.4, 0.5) is 0 Å². The van der Waals surface area contributed by atoms with Crippen molar-refractivity contribution in [1.82, 2.24) is 15.0 Å². The second kappa shape index (κ2) is 4.26. The number of aldehydes is 1. The van der Waals surface area contributed by atoms with Gasteiger partial charge in [0.05, 0.1) is 11.9 Å². The number of aromatic nitrogens is 3. The average Bonchev–Trinajstić information content (AvgIpc) is 2.77. The third-order valence-corrected chi connectivity index (χ3v) is 2.50. The van der Waals surface area contributed by atoms with Gasteiger partial charge < -0.3 is 0 Å². The molecule has 1 aromatic heterocycles. The van der Waals surface area contributed by atoms with Crippen LogP contribution in [0.25, 0.3) is 5.69 Å². The van der Waals surface area contributed by atoms with Gasteiger partial charge in [0.2, 0.25) is 0 Å². The highest BCUT2D eigenvalue weighted by Crippen LogP contribution is 2.16. The van der Waals surface area contributed by atoms with Gasteiger partial charge in [-0.3, -0.25) is 4.79 Å². The van der Waals surface area contributed by atoms with E-state index >= 15 is 0 Å². The molecular formula is C12H13N3O. The molecule has 1 aromatic carbocycles. The molecule has 0 unspecified atom stereocenters. The number of hydrogen-bond donors (Lipinski definition) is 0. The van der Waals surface area contributed by atoms with Crippen molar-refractivity contribution < 1.29 is 4.79 Å². The normalized spacial score (nSPS) is 10.7. The highest BCUT2D eigenvalue weighted by Gasteiger charge is 2.05. The van der Waals surface area contributed by atoms with E-state index in [1.165, 1.54) is 16.4 Å². The van der Waals surface area contributed by atoms with E-state index in [4.69, 9.17) is 0 Å². The lowest BCUT2D eigenvalue weighted by Gasteiger charge is -2.07. The summed E-state index contributed by atoms with van der Waals surface area (Å²) in [6.07, 6.45) is 2.19. The zero-order valence-corrected chi connectivity index (χ0v) is 9.29. The fraction of sp³-hybridized carbons (Fsp3) is 0.250. The van der Waals surface area contributed by atoms with Crippen LogP contribution in [0.15, 0.2) is 30.5 Å². The summed E-state index contributed by atoms with van der Waals surface area (Å²) in [6.45, 7) is 4.28. The third kappa shape index (κ3) is 1.86. The van der Waals surface area contributed by atoms with Gasteiger partial charge in [-0.25, -0.2) is 4.68 Å². The van der Waals surface area contributed by atoms with Gasteiger partial charge in [0, 0.05) is 0 Å². The van der Waals surface area contributed by atoms with Crippen LogP contribution in [0, 0.1) is 0 Å². The number of carbonyl (C=O) groups excluding carboxylic acids is 1. The number of nitrogens with zero attached hydrogens (tertiary/aromatic N) is 3. The molecule has 1 heterocycles. The highest BCUT2D eigenvalue weighted by atomic mass is 16.1. The SMILES string of the molecule is CC(C)c1ccc(-n2nncc2C=O)cc1. The second-order valence-electron chi connectivity index (χ2n) is 3.93. The van der Waals surface area contributed by atoms with Crippen molar-refractivity contribution in [2.45, 2.75) is 19.8 Å². The summed E-state index contributed by atoms with van der Waals surface area (Å²) < 4.78 is 1.52. The summed E-state index contributed by atoms with van der Waals surface area (Å²) in [5.74, 6) is 0.496. The van der Waals surface area contributed by atoms with Crippen molar-refractivity contribution in [3.05, 3.63) is 41.7 Å². The molecule has 4 heteroatoms. The van der Waals surface area contributed by atoms with Gasteiger partial charge in [-0.2, -0.15) is 0 Å². The molecule has 2 aromatic rings. The van der Waals surface area contributed by atoms with E-state index in [-0.39, 0.29) is 0 Å². The standard InChI is InChI=1S/C12H13N3O/c1-9(2)10-3-5-11(6-4-10)15-12(8-16)7-13-14-15/h3-9H,1-2H3. The van der Waals surface area contributed by atoms with Crippen LogP contribution in [0.1, 0.15) is 35.8 Å². The van der Waals surface area contributed by atoms with Gasteiger partial charge in [-0.15, -0.1) is 5.10 Å². The Bertz CT molecular complexity index is 485. The van der Waals surface area contributed by atoms with E-state index in [0.29, 0.717) is 11.6 Å². The van der Waals surface area contributed by atoms with Crippen molar-refractivity contribution in [2.24, 2.45) is 0 Å². The first-order valence-electron chi connectivity index (χ1n) is 5.18. The monoisotopic (exact) mass is 215 g/mol. The maximum Gasteiger partial charge on any atom is 0.170 e. The van der Waals surface area contributed by atoms with Gasteiger partial charge in [0.25, 0.3) is 0 Å². The summed E-state index contributed by atoms with van der Waals surface area (Å²) in [5, 5.41) is 7.58. The molecule has 0 N–H and O–H groups in total. The van der Waals surface area contributed by atoms with Crippen LogP contribution < -0.4 is 0 Å². The minimum absolute atomic E-state index is 0.456. The minimum atomic E-state index is 0.456. The first kappa shape index (κ1) is 10.5. The molecule has 0 radical (unpaired) electrons. The molecule has 4 nitrogen and oxygen atoms in total. The molecule has 82 valence electrons. The Balaban J connectivity index is 2.38. The molecule has 0 aliphatic rings. The molecule has 2 rings (SSSR count). The molecule has 16 heavy (non-hydrogen) atoms. The van der Waals surface area contributed by atoms with Gasteiger partial charge in [0.1, 0.15) is 5.69 Å². The molecule has 0 spiro atoms. The number of rotatable bonds is 3. The third-order valence-electron chi connectivity index (χ3n) is 2.50. The van der Waals surface area contributed by atoms with Crippen LogP contribution >= 0.6 is 0 Å².